The number of piperidine rings is 1. The maximum absolute atomic E-state index is 12.0. The van der Waals surface area contributed by atoms with Gasteiger partial charge in [-0.05, 0) is 71.5 Å². The van der Waals surface area contributed by atoms with Crippen LogP contribution in [0.4, 0.5) is 11.8 Å². The molecule has 3 saturated heterocycles. The SMILES string of the molecule is COc1cc2c(NC3CCN(C)CC3)nc(N3CCCN(C)CC3)nc2cc1C#CCN1CCCC1=O. The monoisotopic (exact) mass is 505 g/mol. The number of likely N-dealkylation sites (tertiary alicyclic amines) is 2. The van der Waals surface area contributed by atoms with Gasteiger partial charge in [0.1, 0.15) is 11.6 Å². The molecule has 3 aliphatic rings. The van der Waals surface area contributed by atoms with E-state index in [0.717, 1.165) is 99.7 Å². The number of amides is 1. The Bertz CT molecular complexity index is 1180. The molecule has 9 nitrogen and oxygen atoms in total. The molecule has 2 aromatic rings. The lowest BCUT2D eigenvalue weighted by atomic mass is 10.0. The molecule has 0 aliphatic carbocycles. The van der Waals surface area contributed by atoms with E-state index in [2.05, 4.69) is 46.0 Å². The van der Waals surface area contributed by atoms with Crippen molar-refractivity contribution in [2.24, 2.45) is 0 Å². The van der Waals surface area contributed by atoms with Crippen LogP contribution in [0.3, 0.4) is 0 Å². The second-order valence-corrected chi connectivity index (χ2v) is 10.5. The standard InChI is InChI=1S/C28H39N7O2/c1-32-11-6-14-35(18-17-32)28-30-24-19-21(7-4-12-34-13-5-8-26(34)36)25(37-3)20-23(24)27(31-28)29-22-9-15-33(2)16-10-22/h19-20,22H,5-6,8-18H2,1-3H3,(H,29,30,31). The summed E-state index contributed by atoms with van der Waals surface area (Å²) < 4.78 is 5.74. The highest BCUT2D eigenvalue weighted by Crippen LogP contribution is 2.32. The highest BCUT2D eigenvalue weighted by atomic mass is 16.5. The fourth-order valence-corrected chi connectivity index (χ4v) is 5.36. The van der Waals surface area contributed by atoms with Crippen molar-refractivity contribution in [3.05, 3.63) is 17.7 Å². The Morgan fingerprint density at radius 2 is 1.81 bits per heavy atom. The van der Waals surface area contributed by atoms with Crippen molar-refractivity contribution in [3.63, 3.8) is 0 Å². The second kappa shape index (κ2) is 11.5. The van der Waals surface area contributed by atoms with E-state index in [1.165, 1.54) is 0 Å². The third-order valence-corrected chi connectivity index (χ3v) is 7.73. The molecule has 1 N–H and O–H groups in total. The number of fused-ring (bicyclic) bond motifs is 1. The van der Waals surface area contributed by atoms with Gasteiger partial charge in [-0.1, -0.05) is 11.8 Å². The summed E-state index contributed by atoms with van der Waals surface area (Å²) in [6, 6.07) is 4.40. The van der Waals surface area contributed by atoms with Crippen molar-refractivity contribution in [1.82, 2.24) is 24.7 Å². The Hall–Kier alpha value is -3.09. The third kappa shape index (κ3) is 6.08. The van der Waals surface area contributed by atoms with E-state index in [-0.39, 0.29) is 5.91 Å². The summed E-state index contributed by atoms with van der Waals surface area (Å²) in [5.41, 5.74) is 1.65. The Labute approximate surface area is 220 Å². The molecule has 4 heterocycles. The summed E-state index contributed by atoms with van der Waals surface area (Å²) in [5.74, 6) is 8.96. The van der Waals surface area contributed by atoms with Gasteiger partial charge in [0.25, 0.3) is 0 Å². The van der Waals surface area contributed by atoms with Crippen LogP contribution in [-0.4, -0.2) is 110 Å². The van der Waals surface area contributed by atoms with Gasteiger partial charge in [-0.25, -0.2) is 4.98 Å². The van der Waals surface area contributed by atoms with Gasteiger partial charge in [0, 0.05) is 44.0 Å². The minimum atomic E-state index is 0.185. The molecule has 0 spiro atoms. The van der Waals surface area contributed by atoms with Gasteiger partial charge in [0.2, 0.25) is 11.9 Å². The Morgan fingerprint density at radius 3 is 2.57 bits per heavy atom. The van der Waals surface area contributed by atoms with E-state index in [1.807, 2.05) is 17.0 Å². The van der Waals surface area contributed by atoms with E-state index in [4.69, 9.17) is 14.7 Å². The average molecular weight is 506 g/mol. The van der Waals surface area contributed by atoms with Crippen LogP contribution in [0.5, 0.6) is 5.75 Å². The fourth-order valence-electron chi connectivity index (χ4n) is 5.36. The number of likely N-dealkylation sites (N-methyl/N-ethyl adjacent to an activating group) is 1. The van der Waals surface area contributed by atoms with Crippen LogP contribution in [0.2, 0.25) is 0 Å². The number of carbonyl (C=O) groups is 1. The molecule has 37 heavy (non-hydrogen) atoms. The molecular weight excluding hydrogens is 466 g/mol. The molecule has 0 radical (unpaired) electrons. The molecule has 0 atom stereocenters. The molecule has 5 rings (SSSR count). The molecule has 0 saturated carbocycles. The Morgan fingerprint density at radius 1 is 1.00 bits per heavy atom. The van der Waals surface area contributed by atoms with Gasteiger partial charge >= 0.3 is 0 Å². The van der Waals surface area contributed by atoms with Gasteiger partial charge in [-0.15, -0.1) is 0 Å². The van der Waals surface area contributed by atoms with Crippen LogP contribution in [0.15, 0.2) is 12.1 Å². The summed E-state index contributed by atoms with van der Waals surface area (Å²) >= 11 is 0. The van der Waals surface area contributed by atoms with E-state index in [9.17, 15) is 4.79 Å². The second-order valence-electron chi connectivity index (χ2n) is 10.5. The van der Waals surface area contributed by atoms with Gasteiger partial charge in [-0.2, -0.15) is 4.98 Å². The molecule has 198 valence electrons. The number of hydrogen-bond acceptors (Lipinski definition) is 8. The van der Waals surface area contributed by atoms with Crippen LogP contribution in [-0.2, 0) is 4.79 Å². The maximum Gasteiger partial charge on any atom is 0.227 e. The van der Waals surface area contributed by atoms with E-state index < -0.39 is 0 Å². The zero-order valence-corrected chi connectivity index (χ0v) is 22.4. The highest BCUT2D eigenvalue weighted by Gasteiger charge is 2.22. The molecule has 0 unspecified atom stereocenters. The first-order valence-corrected chi connectivity index (χ1v) is 13.5. The average Bonchev–Trinajstić information content (AvgIpc) is 3.17. The number of ether oxygens (including phenoxy) is 1. The zero-order chi connectivity index (χ0) is 25.8. The summed E-state index contributed by atoms with van der Waals surface area (Å²) in [7, 11) is 6.02. The van der Waals surface area contributed by atoms with Crippen molar-refractivity contribution >= 4 is 28.6 Å². The van der Waals surface area contributed by atoms with Gasteiger partial charge in [0.05, 0.1) is 24.7 Å². The van der Waals surface area contributed by atoms with E-state index in [0.29, 0.717) is 24.8 Å². The highest BCUT2D eigenvalue weighted by molar-refractivity contribution is 5.93. The van der Waals surface area contributed by atoms with Gasteiger partial charge in [-0.3, -0.25) is 4.79 Å². The van der Waals surface area contributed by atoms with Crippen molar-refractivity contribution in [1.29, 1.82) is 0 Å². The minimum absolute atomic E-state index is 0.185. The number of hydrogen-bond donors (Lipinski definition) is 1. The van der Waals surface area contributed by atoms with E-state index >= 15 is 0 Å². The molecule has 0 bridgehead atoms. The number of nitrogens with one attached hydrogen (secondary N) is 1. The topological polar surface area (TPSA) is 77.1 Å². The first-order valence-electron chi connectivity index (χ1n) is 13.5. The Kier molecular flexibility index (Phi) is 7.96. The molecule has 9 heteroatoms. The number of aromatic nitrogens is 2. The van der Waals surface area contributed by atoms with Crippen molar-refractivity contribution in [3.8, 4) is 17.6 Å². The summed E-state index contributed by atoms with van der Waals surface area (Å²) in [5, 5.41) is 4.70. The summed E-state index contributed by atoms with van der Waals surface area (Å²) in [6.45, 7) is 7.31. The van der Waals surface area contributed by atoms with Crippen molar-refractivity contribution in [2.45, 2.75) is 38.1 Å². The van der Waals surface area contributed by atoms with Crippen LogP contribution in [0.25, 0.3) is 10.9 Å². The molecule has 1 aromatic carbocycles. The number of anilines is 2. The van der Waals surface area contributed by atoms with Crippen LogP contribution in [0.1, 0.15) is 37.7 Å². The van der Waals surface area contributed by atoms with Gasteiger partial charge in [0.15, 0.2) is 0 Å². The lowest BCUT2D eigenvalue weighted by Gasteiger charge is -2.30. The lowest BCUT2D eigenvalue weighted by Crippen LogP contribution is -2.37. The molecule has 1 amide bonds. The van der Waals surface area contributed by atoms with Crippen molar-refractivity contribution < 1.29 is 9.53 Å². The predicted molar refractivity (Wildman–Crippen MR) is 147 cm³/mol. The van der Waals surface area contributed by atoms with Crippen LogP contribution in [0, 0.1) is 11.8 Å². The Balaban J connectivity index is 1.50. The van der Waals surface area contributed by atoms with Crippen LogP contribution < -0.4 is 15.0 Å². The third-order valence-electron chi connectivity index (χ3n) is 7.73. The maximum atomic E-state index is 12.0. The first kappa shape index (κ1) is 25.6. The normalized spacial score (nSPS) is 20.1. The fraction of sp³-hybridized carbons (Fsp3) is 0.607. The summed E-state index contributed by atoms with van der Waals surface area (Å²) in [4.78, 5) is 30.9. The van der Waals surface area contributed by atoms with Crippen LogP contribution >= 0.6 is 0 Å². The predicted octanol–water partition coefficient (Wildman–Crippen LogP) is 2.26. The molecule has 1 aromatic heterocycles. The number of carbonyl (C=O) groups excluding carboxylic acids is 1. The number of benzene rings is 1. The number of methoxy groups -OCH3 is 1. The smallest absolute Gasteiger partial charge is 0.227 e. The first-order chi connectivity index (χ1) is 18.0. The minimum Gasteiger partial charge on any atom is -0.495 e. The molecule has 3 fully saturated rings. The van der Waals surface area contributed by atoms with E-state index in [1.54, 1.807) is 7.11 Å². The lowest BCUT2D eigenvalue weighted by molar-refractivity contribution is -0.127. The number of rotatable bonds is 5. The van der Waals surface area contributed by atoms with Gasteiger partial charge < -0.3 is 29.7 Å². The largest absolute Gasteiger partial charge is 0.495 e. The molecule has 3 aliphatic heterocycles. The zero-order valence-electron chi connectivity index (χ0n) is 22.4. The number of nitrogens with zero attached hydrogens (tertiary/aromatic N) is 6. The quantitative estimate of drug-likeness (QED) is 0.621. The molecular formula is C28H39N7O2. The summed E-state index contributed by atoms with van der Waals surface area (Å²) in [6.07, 6.45) is 4.80. The van der Waals surface area contributed by atoms with Crippen molar-refractivity contribution in [2.75, 3.05) is 83.8 Å².